The molecule has 0 bridgehead atoms. The Morgan fingerprint density at radius 3 is 2.35 bits per heavy atom. The van der Waals surface area contributed by atoms with Gasteiger partial charge < -0.3 is 10.2 Å². The summed E-state index contributed by atoms with van der Waals surface area (Å²) in [7, 11) is 1.76. The summed E-state index contributed by atoms with van der Waals surface area (Å²) in [5.41, 5.74) is 3.23. The predicted molar refractivity (Wildman–Crippen MR) is 80.3 cm³/mol. The zero-order valence-electron chi connectivity index (χ0n) is 13.0. The van der Waals surface area contributed by atoms with Crippen LogP contribution in [0.4, 0.5) is 5.82 Å². The van der Waals surface area contributed by atoms with Crippen LogP contribution < -0.4 is 11.3 Å². The van der Waals surface area contributed by atoms with E-state index < -0.39 is 0 Å². The molecule has 2 rings (SSSR count). The Kier molecular flexibility index (Phi) is 4.30. The second-order valence-electron chi connectivity index (χ2n) is 6.62. The Balaban J connectivity index is 2.49. The number of nitrogens with two attached hydrogens (primary N) is 1. The molecule has 0 saturated heterocycles. The number of aromatic nitrogens is 2. The first kappa shape index (κ1) is 15.2. The Labute approximate surface area is 121 Å². The molecule has 1 aliphatic carbocycles. The first-order chi connectivity index (χ1) is 9.41. The highest BCUT2D eigenvalue weighted by atomic mass is 16.5. The molecule has 0 unspecified atom stereocenters. The second kappa shape index (κ2) is 5.66. The molecule has 0 atom stereocenters. The van der Waals surface area contributed by atoms with Crippen LogP contribution >= 0.6 is 0 Å². The number of nitrogens with zero attached hydrogens (tertiary/aromatic N) is 2. The normalized spacial score (nSPS) is 18.9. The van der Waals surface area contributed by atoms with Gasteiger partial charge in [0.1, 0.15) is 11.4 Å². The van der Waals surface area contributed by atoms with Gasteiger partial charge in [0.05, 0.1) is 5.69 Å². The number of nitrogen functional groups attached to an aromatic ring is 1. The van der Waals surface area contributed by atoms with Crippen molar-refractivity contribution in [2.75, 3.05) is 12.5 Å². The van der Waals surface area contributed by atoms with Gasteiger partial charge in [-0.15, -0.1) is 0 Å². The Morgan fingerprint density at radius 1 is 1.20 bits per heavy atom. The number of methoxy groups -OCH3 is 1. The van der Waals surface area contributed by atoms with Crippen molar-refractivity contribution in [3.05, 3.63) is 17.6 Å². The molecule has 5 heteroatoms. The van der Waals surface area contributed by atoms with Gasteiger partial charge in [-0.1, -0.05) is 40.0 Å². The van der Waals surface area contributed by atoms with Crippen molar-refractivity contribution >= 4 is 5.82 Å². The molecule has 1 fully saturated rings. The van der Waals surface area contributed by atoms with Crippen molar-refractivity contribution in [1.82, 2.24) is 9.97 Å². The van der Waals surface area contributed by atoms with Crippen LogP contribution in [0.5, 0.6) is 0 Å². The zero-order chi connectivity index (χ0) is 14.8. The van der Waals surface area contributed by atoms with E-state index in [1.165, 1.54) is 6.42 Å². The topological polar surface area (TPSA) is 73.1 Å². The van der Waals surface area contributed by atoms with Crippen molar-refractivity contribution < 1.29 is 4.74 Å². The van der Waals surface area contributed by atoms with Gasteiger partial charge in [0.25, 0.3) is 0 Å². The molecule has 1 heterocycles. The SMILES string of the molecule is COC1(c2nc(NN)cc(C(C)(C)C)n2)CCCCC1. The minimum atomic E-state index is -0.356. The third-order valence-electron chi connectivity index (χ3n) is 4.10. The summed E-state index contributed by atoms with van der Waals surface area (Å²) in [6, 6.07) is 1.91. The molecule has 0 aliphatic heterocycles. The molecule has 0 aromatic carbocycles. The second-order valence-corrected chi connectivity index (χ2v) is 6.62. The minimum absolute atomic E-state index is 0.0487. The molecule has 0 spiro atoms. The number of anilines is 1. The number of nitrogens with one attached hydrogen (secondary N) is 1. The van der Waals surface area contributed by atoms with Gasteiger partial charge in [-0.25, -0.2) is 15.8 Å². The average molecular weight is 278 g/mol. The first-order valence-corrected chi connectivity index (χ1v) is 7.33. The van der Waals surface area contributed by atoms with E-state index in [1.54, 1.807) is 7.11 Å². The lowest BCUT2D eigenvalue weighted by Gasteiger charge is -2.35. The lowest BCUT2D eigenvalue weighted by molar-refractivity contribution is -0.0516. The predicted octanol–water partition coefficient (Wildman–Crippen LogP) is 2.87. The fourth-order valence-corrected chi connectivity index (χ4v) is 2.75. The van der Waals surface area contributed by atoms with Crippen LogP contribution in [0, 0.1) is 0 Å². The van der Waals surface area contributed by atoms with Crippen molar-refractivity contribution in [3.8, 4) is 0 Å². The maximum absolute atomic E-state index is 5.84. The fourth-order valence-electron chi connectivity index (χ4n) is 2.75. The van der Waals surface area contributed by atoms with E-state index >= 15 is 0 Å². The summed E-state index contributed by atoms with van der Waals surface area (Å²) >= 11 is 0. The summed E-state index contributed by atoms with van der Waals surface area (Å²) in [5, 5.41) is 0. The Hall–Kier alpha value is -1.20. The number of hydrogen-bond acceptors (Lipinski definition) is 5. The van der Waals surface area contributed by atoms with Crippen LogP contribution in [0.25, 0.3) is 0 Å². The molecule has 3 N–H and O–H groups in total. The van der Waals surface area contributed by atoms with E-state index in [4.69, 9.17) is 15.6 Å². The highest BCUT2D eigenvalue weighted by Crippen LogP contribution is 2.39. The molecule has 0 radical (unpaired) electrons. The van der Waals surface area contributed by atoms with Crippen molar-refractivity contribution in [3.63, 3.8) is 0 Å². The molecule has 1 aromatic heterocycles. The van der Waals surface area contributed by atoms with Crippen molar-refractivity contribution in [2.45, 2.75) is 63.9 Å². The van der Waals surface area contributed by atoms with Gasteiger partial charge in [-0.3, -0.25) is 0 Å². The monoisotopic (exact) mass is 278 g/mol. The van der Waals surface area contributed by atoms with Gasteiger partial charge in [0, 0.05) is 18.6 Å². The molecule has 112 valence electrons. The molecule has 5 nitrogen and oxygen atoms in total. The smallest absolute Gasteiger partial charge is 0.162 e. The molecule has 0 amide bonds. The highest BCUT2D eigenvalue weighted by molar-refractivity contribution is 5.37. The average Bonchev–Trinajstić information content (AvgIpc) is 2.46. The Morgan fingerprint density at radius 2 is 1.85 bits per heavy atom. The van der Waals surface area contributed by atoms with Crippen LogP contribution in [-0.2, 0) is 15.8 Å². The third kappa shape index (κ3) is 2.94. The Bertz CT molecular complexity index is 461. The van der Waals surface area contributed by atoms with E-state index in [0.717, 1.165) is 37.2 Å². The van der Waals surface area contributed by atoms with Crippen LogP contribution in [0.3, 0.4) is 0 Å². The molecular weight excluding hydrogens is 252 g/mol. The van der Waals surface area contributed by atoms with Crippen molar-refractivity contribution in [2.24, 2.45) is 5.84 Å². The quantitative estimate of drug-likeness (QED) is 0.657. The summed E-state index contributed by atoms with van der Waals surface area (Å²) in [6.45, 7) is 6.42. The van der Waals surface area contributed by atoms with Crippen molar-refractivity contribution in [1.29, 1.82) is 0 Å². The van der Waals surface area contributed by atoms with Gasteiger partial charge >= 0.3 is 0 Å². The maximum Gasteiger partial charge on any atom is 0.162 e. The summed E-state index contributed by atoms with van der Waals surface area (Å²) in [6.07, 6.45) is 5.51. The van der Waals surface area contributed by atoms with E-state index in [1.807, 2.05) is 6.07 Å². The largest absolute Gasteiger partial charge is 0.370 e. The van der Waals surface area contributed by atoms with Gasteiger partial charge in [-0.05, 0) is 12.8 Å². The molecule has 1 aromatic rings. The zero-order valence-corrected chi connectivity index (χ0v) is 13.0. The van der Waals surface area contributed by atoms with Crippen LogP contribution in [0.15, 0.2) is 6.07 Å². The van der Waals surface area contributed by atoms with Gasteiger partial charge in [-0.2, -0.15) is 0 Å². The first-order valence-electron chi connectivity index (χ1n) is 7.33. The van der Waals surface area contributed by atoms with Crippen LogP contribution in [0.1, 0.15) is 64.4 Å². The lowest BCUT2D eigenvalue weighted by atomic mass is 9.83. The van der Waals surface area contributed by atoms with E-state index in [-0.39, 0.29) is 11.0 Å². The van der Waals surface area contributed by atoms with Gasteiger partial charge in [0.15, 0.2) is 5.82 Å². The van der Waals surface area contributed by atoms with Gasteiger partial charge in [0.2, 0.25) is 0 Å². The summed E-state index contributed by atoms with van der Waals surface area (Å²) in [5.74, 6) is 6.98. The van der Waals surface area contributed by atoms with E-state index in [2.05, 4.69) is 31.2 Å². The minimum Gasteiger partial charge on any atom is -0.370 e. The number of ether oxygens (including phenoxy) is 1. The molecule has 1 saturated carbocycles. The summed E-state index contributed by atoms with van der Waals surface area (Å²) < 4.78 is 5.84. The number of hydrazine groups is 1. The molecule has 20 heavy (non-hydrogen) atoms. The molecular formula is C15H26N4O. The lowest BCUT2D eigenvalue weighted by Crippen LogP contribution is -2.34. The fraction of sp³-hybridized carbons (Fsp3) is 0.733. The third-order valence-corrected chi connectivity index (χ3v) is 4.10. The number of rotatable bonds is 3. The number of hydrogen-bond donors (Lipinski definition) is 2. The summed E-state index contributed by atoms with van der Waals surface area (Å²) in [4.78, 5) is 9.35. The van der Waals surface area contributed by atoms with Crippen LogP contribution in [-0.4, -0.2) is 17.1 Å². The van der Waals surface area contributed by atoms with E-state index in [0.29, 0.717) is 5.82 Å². The van der Waals surface area contributed by atoms with E-state index in [9.17, 15) is 0 Å². The molecule has 1 aliphatic rings. The standard InChI is InChI=1S/C15H26N4O/c1-14(2,3)11-10-12(19-16)18-13(17-11)15(20-4)8-6-5-7-9-15/h10H,5-9,16H2,1-4H3,(H,17,18,19). The maximum atomic E-state index is 5.84. The van der Waals surface area contributed by atoms with Crippen LogP contribution in [0.2, 0.25) is 0 Å². The highest BCUT2D eigenvalue weighted by Gasteiger charge is 2.37.